The first-order valence-corrected chi connectivity index (χ1v) is 5.95. The molecule has 2 aromatic rings. The molecule has 18 heavy (non-hydrogen) atoms. The zero-order chi connectivity index (χ0) is 12.5. The van der Waals surface area contributed by atoms with E-state index < -0.39 is 6.10 Å². The second-order valence-electron chi connectivity index (χ2n) is 4.07. The van der Waals surface area contributed by atoms with Gasteiger partial charge in [0.05, 0.1) is 0 Å². The highest BCUT2D eigenvalue weighted by atomic mass is 35.5. The minimum atomic E-state index is -0.724. The van der Waals surface area contributed by atoms with Crippen LogP contribution in [0.5, 0.6) is 11.5 Å². The lowest BCUT2D eigenvalue weighted by Crippen LogP contribution is -1.99. The van der Waals surface area contributed by atoms with Gasteiger partial charge in [-0.1, -0.05) is 29.8 Å². The molecule has 0 radical (unpaired) electrons. The standard InChI is InChI=1S/C14H11ClO3/c15-11-3-1-2-9(6-11)14(16)10-4-5-12-13(7-10)18-8-17-12/h1-7,14,16H,8H2. The summed E-state index contributed by atoms with van der Waals surface area (Å²) in [6.07, 6.45) is -0.724. The predicted molar refractivity (Wildman–Crippen MR) is 68.1 cm³/mol. The minimum Gasteiger partial charge on any atom is -0.454 e. The summed E-state index contributed by atoms with van der Waals surface area (Å²) < 4.78 is 10.5. The number of aliphatic hydroxyl groups is 1. The molecule has 0 fully saturated rings. The van der Waals surface area contributed by atoms with Gasteiger partial charge >= 0.3 is 0 Å². The first-order valence-electron chi connectivity index (χ1n) is 5.57. The average Bonchev–Trinajstić information content (AvgIpc) is 2.85. The summed E-state index contributed by atoms with van der Waals surface area (Å²) in [6.45, 7) is 0.228. The maximum atomic E-state index is 10.3. The number of benzene rings is 2. The van der Waals surface area contributed by atoms with Gasteiger partial charge in [0.25, 0.3) is 0 Å². The molecule has 2 aromatic carbocycles. The number of aliphatic hydroxyl groups excluding tert-OH is 1. The predicted octanol–water partition coefficient (Wildman–Crippen LogP) is 3.15. The van der Waals surface area contributed by atoms with Gasteiger partial charge in [0.2, 0.25) is 6.79 Å². The zero-order valence-corrected chi connectivity index (χ0v) is 10.2. The molecule has 4 heteroatoms. The molecule has 1 N–H and O–H groups in total. The van der Waals surface area contributed by atoms with Crippen molar-refractivity contribution in [2.24, 2.45) is 0 Å². The topological polar surface area (TPSA) is 38.7 Å². The number of halogens is 1. The SMILES string of the molecule is OC(c1cccc(Cl)c1)c1ccc2c(c1)OCO2. The summed E-state index contributed by atoms with van der Waals surface area (Å²) >= 11 is 5.91. The molecule has 1 atom stereocenters. The van der Waals surface area contributed by atoms with E-state index in [0.29, 0.717) is 16.5 Å². The van der Waals surface area contributed by atoms with Crippen molar-refractivity contribution in [1.29, 1.82) is 0 Å². The Morgan fingerprint density at radius 1 is 1.00 bits per heavy atom. The largest absolute Gasteiger partial charge is 0.454 e. The molecule has 0 saturated heterocycles. The highest BCUT2D eigenvalue weighted by Gasteiger charge is 2.17. The van der Waals surface area contributed by atoms with Crippen LogP contribution in [0.2, 0.25) is 5.02 Å². The molecule has 0 bridgehead atoms. The summed E-state index contributed by atoms with van der Waals surface area (Å²) in [6, 6.07) is 12.6. The van der Waals surface area contributed by atoms with Crippen LogP contribution >= 0.6 is 11.6 Å². The smallest absolute Gasteiger partial charge is 0.231 e. The second kappa shape index (κ2) is 4.52. The van der Waals surface area contributed by atoms with Crippen LogP contribution in [0, 0.1) is 0 Å². The van der Waals surface area contributed by atoms with Crippen molar-refractivity contribution in [2.45, 2.75) is 6.10 Å². The Hall–Kier alpha value is -1.71. The van der Waals surface area contributed by atoms with E-state index in [-0.39, 0.29) is 6.79 Å². The highest BCUT2D eigenvalue weighted by molar-refractivity contribution is 6.30. The second-order valence-corrected chi connectivity index (χ2v) is 4.51. The molecular formula is C14H11ClO3. The molecule has 1 aliphatic heterocycles. The van der Waals surface area contributed by atoms with Gasteiger partial charge < -0.3 is 14.6 Å². The molecule has 0 saturated carbocycles. The van der Waals surface area contributed by atoms with Gasteiger partial charge in [0.1, 0.15) is 6.10 Å². The van der Waals surface area contributed by atoms with Gasteiger partial charge in [-0.3, -0.25) is 0 Å². The van der Waals surface area contributed by atoms with Crippen LogP contribution in [0.25, 0.3) is 0 Å². The Morgan fingerprint density at radius 2 is 1.78 bits per heavy atom. The Morgan fingerprint density at radius 3 is 2.61 bits per heavy atom. The first kappa shape index (κ1) is 11.4. The van der Waals surface area contributed by atoms with E-state index in [1.807, 2.05) is 18.2 Å². The fourth-order valence-corrected chi connectivity index (χ4v) is 2.15. The van der Waals surface area contributed by atoms with Crippen LogP contribution in [-0.2, 0) is 0 Å². The Balaban J connectivity index is 1.95. The van der Waals surface area contributed by atoms with Gasteiger partial charge in [0.15, 0.2) is 11.5 Å². The molecule has 1 heterocycles. The van der Waals surface area contributed by atoms with Crippen molar-refractivity contribution in [3.63, 3.8) is 0 Å². The molecule has 0 aliphatic carbocycles. The number of rotatable bonds is 2. The Bertz CT molecular complexity index is 583. The zero-order valence-electron chi connectivity index (χ0n) is 9.47. The Labute approximate surface area is 110 Å². The van der Waals surface area contributed by atoms with Gasteiger partial charge in [-0.2, -0.15) is 0 Å². The lowest BCUT2D eigenvalue weighted by Gasteiger charge is -2.12. The van der Waals surface area contributed by atoms with Crippen LogP contribution in [0.15, 0.2) is 42.5 Å². The molecule has 1 unspecified atom stereocenters. The fraction of sp³-hybridized carbons (Fsp3) is 0.143. The number of hydrogen-bond acceptors (Lipinski definition) is 3. The van der Waals surface area contributed by atoms with Crippen molar-refractivity contribution in [3.8, 4) is 11.5 Å². The molecule has 0 aromatic heterocycles. The number of hydrogen-bond donors (Lipinski definition) is 1. The maximum absolute atomic E-state index is 10.3. The van der Waals surface area contributed by atoms with Crippen LogP contribution < -0.4 is 9.47 Å². The summed E-state index contributed by atoms with van der Waals surface area (Å²) in [5.41, 5.74) is 1.50. The third-order valence-electron chi connectivity index (χ3n) is 2.88. The molecule has 0 amide bonds. The van der Waals surface area contributed by atoms with E-state index >= 15 is 0 Å². The lowest BCUT2D eigenvalue weighted by atomic mass is 10.0. The average molecular weight is 263 g/mol. The van der Waals surface area contributed by atoms with Crippen molar-refractivity contribution >= 4 is 11.6 Å². The van der Waals surface area contributed by atoms with Crippen molar-refractivity contribution in [2.75, 3.05) is 6.79 Å². The van der Waals surface area contributed by atoms with E-state index in [1.165, 1.54) is 0 Å². The first-order chi connectivity index (χ1) is 8.74. The van der Waals surface area contributed by atoms with Crippen LogP contribution in [0.3, 0.4) is 0 Å². The molecule has 92 valence electrons. The van der Waals surface area contributed by atoms with Gasteiger partial charge in [-0.25, -0.2) is 0 Å². The van der Waals surface area contributed by atoms with E-state index in [9.17, 15) is 5.11 Å². The van der Waals surface area contributed by atoms with Crippen LogP contribution in [0.4, 0.5) is 0 Å². The molecule has 1 aliphatic rings. The van der Waals surface area contributed by atoms with Gasteiger partial charge in [0, 0.05) is 5.02 Å². The molecule has 0 spiro atoms. The summed E-state index contributed by atoms with van der Waals surface area (Å²) in [5.74, 6) is 1.37. The van der Waals surface area contributed by atoms with E-state index in [1.54, 1.807) is 24.3 Å². The Kier molecular flexibility index (Phi) is 2.86. The summed E-state index contributed by atoms with van der Waals surface area (Å²) in [5, 5.41) is 10.9. The summed E-state index contributed by atoms with van der Waals surface area (Å²) in [7, 11) is 0. The van der Waals surface area contributed by atoms with Crippen molar-refractivity contribution in [3.05, 3.63) is 58.6 Å². The summed E-state index contributed by atoms with van der Waals surface area (Å²) in [4.78, 5) is 0. The monoisotopic (exact) mass is 262 g/mol. The van der Waals surface area contributed by atoms with Gasteiger partial charge in [-0.05, 0) is 35.4 Å². The van der Waals surface area contributed by atoms with E-state index in [0.717, 1.165) is 11.1 Å². The fourth-order valence-electron chi connectivity index (χ4n) is 1.95. The van der Waals surface area contributed by atoms with Gasteiger partial charge in [-0.15, -0.1) is 0 Å². The van der Waals surface area contributed by atoms with Crippen LogP contribution in [0.1, 0.15) is 17.2 Å². The van der Waals surface area contributed by atoms with Crippen molar-refractivity contribution in [1.82, 2.24) is 0 Å². The van der Waals surface area contributed by atoms with Crippen molar-refractivity contribution < 1.29 is 14.6 Å². The quantitative estimate of drug-likeness (QED) is 0.904. The normalized spacial score (nSPS) is 14.6. The molecule has 3 nitrogen and oxygen atoms in total. The molecule has 3 rings (SSSR count). The van der Waals surface area contributed by atoms with E-state index in [2.05, 4.69) is 0 Å². The van der Waals surface area contributed by atoms with Crippen LogP contribution in [-0.4, -0.2) is 11.9 Å². The minimum absolute atomic E-state index is 0.228. The third kappa shape index (κ3) is 2.03. The number of fused-ring (bicyclic) bond motifs is 1. The maximum Gasteiger partial charge on any atom is 0.231 e. The number of ether oxygens (including phenoxy) is 2. The highest BCUT2D eigenvalue weighted by Crippen LogP contribution is 2.35. The molecular weight excluding hydrogens is 252 g/mol. The van der Waals surface area contributed by atoms with E-state index in [4.69, 9.17) is 21.1 Å². The lowest BCUT2D eigenvalue weighted by molar-refractivity contribution is 0.173. The third-order valence-corrected chi connectivity index (χ3v) is 3.11.